The number of anilines is 1. The number of hydrogen-bond acceptors (Lipinski definition) is 8. The molecule has 7 rings (SSSR count). The summed E-state index contributed by atoms with van der Waals surface area (Å²) in [4.78, 5) is 22.3. The van der Waals surface area contributed by atoms with Gasteiger partial charge in [0.15, 0.2) is 12.0 Å². The number of aliphatic hydroxyl groups excluding tert-OH is 1. The number of ether oxygens (including phenoxy) is 1. The number of aromatic nitrogens is 1. The lowest BCUT2D eigenvalue weighted by molar-refractivity contribution is -0.141. The van der Waals surface area contributed by atoms with Gasteiger partial charge < -0.3 is 20.3 Å². The molecule has 4 aromatic rings. The molecule has 2 unspecified atom stereocenters. The van der Waals surface area contributed by atoms with Crippen molar-refractivity contribution in [1.82, 2.24) is 14.8 Å². The average Bonchev–Trinajstić information content (AvgIpc) is 3.80. The Balaban J connectivity index is 1.14. The third-order valence-corrected chi connectivity index (χ3v) is 10.7. The van der Waals surface area contributed by atoms with Gasteiger partial charge in [-0.1, -0.05) is 42.3 Å². The Hall–Kier alpha value is -4.20. The molecule has 0 bridgehead atoms. The number of hydrogen-bond donors (Lipinski definition) is 3. The van der Waals surface area contributed by atoms with Crippen LogP contribution in [0.5, 0.6) is 5.75 Å². The van der Waals surface area contributed by atoms with Crippen molar-refractivity contribution in [3.05, 3.63) is 86.9 Å². The van der Waals surface area contributed by atoms with Crippen LogP contribution in [0, 0.1) is 32.1 Å². The number of thiazole rings is 1. The Morgan fingerprint density at radius 1 is 1.11 bits per heavy atom. The molecule has 1 fully saturated rings. The summed E-state index contributed by atoms with van der Waals surface area (Å²) in [6.45, 7) is 8.91. The zero-order valence-electron chi connectivity index (χ0n) is 26.2. The van der Waals surface area contributed by atoms with Crippen molar-refractivity contribution in [2.24, 2.45) is 5.92 Å². The number of aliphatic carboxylic acids is 1. The first-order chi connectivity index (χ1) is 22.3. The second-order valence-electron chi connectivity index (χ2n) is 12.5. The number of fused-ring (bicyclic) bond motifs is 2. The van der Waals surface area contributed by atoms with Gasteiger partial charge in [-0.25, -0.2) is 4.98 Å². The molecule has 0 radical (unpaired) electrons. The first-order valence-corrected chi connectivity index (χ1v) is 16.7. The number of nitrogens with zero attached hydrogens (tertiary/aromatic N) is 3. The van der Waals surface area contributed by atoms with Crippen molar-refractivity contribution < 1.29 is 19.7 Å². The van der Waals surface area contributed by atoms with Crippen LogP contribution >= 0.6 is 11.3 Å². The summed E-state index contributed by atoms with van der Waals surface area (Å²) in [7, 11) is 0. The van der Waals surface area contributed by atoms with E-state index in [1.54, 1.807) is 11.3 Å². The molecule has 2 atom stereocenters. The summed E-state index contributed by atoms with van der Waals surface area (Å²) in [5, 5.41) is 23.4. The summed E-state index contributed by atoms with van der Waals surface area (Å²) in [5.74, 6) is 2.43. The predicted octanol–water partition coefficient (Wildman–Crippen LogP) is 5.84. The zero-order valence-corrected chi connectivity index (χ0v) is 27.0. The van der Waals surface area contributed by atoms with E-state index in [1.807, 2.05) is 6.07 Å². The molecule has 0 amide bonds. The van der Waals surface area contributed by atoms with Crippen LogP contribution in [0.2, 0.25) is 0 Å². The standard InChI is InChI=1S/C37H38N4O4S/c1-4-25-17-24(19-41-13-11-26(20-41)37(43)44)18-32-34(25)45-35(38-32)29-9-5-7-27(22(29)2)28-8-6-10-30(23(28)3)36-39-31-12-14-40(15-16-42)21-33(31)46-36/h1,5-10,17-18,26,35,38,42H,11-16,19-21H2,2-3H3,(H,43,44). The number of nitrogens with one attached hydrogen (secondary N) is 1. The minimum Gasteiger partial charge on any atom is -0.481 e. The van der Waals surface area contributed by atoms with Crippen molar-refractivity contribution in [1.29, 1.82) is 0 Å². The van der Waals surface area contributed by atoms with Gasteiger partial charge in [-0.05, 0) is 66.8 Å². The molecule has 46 heavy (non-hydrogen) atoms. The molecule has 3 aromatic carbocycles. The van der Waals surface area contributed by atoms with Gasteiger partial charge in [0.2, 0.25) is 0 Å². The summed E-state index contributed by atoms with van der Waals surface area (Å²) in [6, 6.07) is 16.9. The fraction of sp³-hybridized carbons (Fsp3) is 0.351. The number of carboxylic acids is 1. The van der Waals surface area contributed by atoms with Crippen LogP contribution in [0.4, 0.5) is 5.69 Å². The maximum absolute atomic E-state index is 11.4. The first-order valence-electron chi connectivity index (χ1n) is 15.9. The number of rotatable bonds is 8. The maximum Gasteiger partial charge on any atom is 0.307 e. The molecule has 1 aromatic heterocycles. The Bertz CT molecular complexity index is 1860. The first kappa shape index (κ1) is 30.5. The van der Waals surface area contributed by atoms with Crippen LogP contribution in [-0.4, -0.2) is 63.8 Å². The number of aliphatic hydroxyl groups is 1. The highest BCUT2D eigenvalue weighted by Crippen LogP contribution is 2.44. The quantitative estimate of drug-likeness (QED) is 0.208. The number of likely N-dealkylation sites (tertiary alicyclic amines) is 1. The Morgan fingerprint density at radius 3 is 2.65 bits per heavy atom. The minimum absolute atomic E-state index is 0.176. The van der Waals surface area contributed by atoms with Crippen LogP contribution in [0.1, 0.15) is 51.0 Å². The van der Waals surface area contributed by atoms with Crippen molar-refractivity contribution in [3.8, 4) is 39.8 Å². The average molecular weight is 635 g/mol. The predicted molar refractivity (Wildman–Crippen MR) is 181 cm³/mol. The highest BCUT2D eigenvalue weighted by molar-refractivity contribution is 7.15. The molecule has 9 heteroatoms. The Morgan fingerprint density at radius 2 is 1.89 bits per heavy atom. The number of carbonyl (C=O) groups is 1. The Labute approximate surface area is 273 Å². The third kappa shape index (κ3) is 5.67. The zero-order chi connectivity index (χ0) is 31.9. The molecular weight excluding hydrogens is 596 g/mol. The molecule has 3 N–H and O–H groups in total. The topological polar surface area (TPSA) is 98.2 Å². The SMILES string of the molecule is C#Cc1cc(CN2CCC(C(=O)O)C2)cc2c1OC(c1cccc(-c3cccc(-c4nc5c(s4)CN(CCO)CC5)c3C)c1C)N2. The van der Waals surface area contributed by atoms with E-state index in [0.29, 0.717) is 37.4 Å². The fourth-order valence-corrected chi connectivity index (χ4v) is 8.30. The second-order valence-corrected chi connectivity index (χ2v) is 13.6. The number of terminal acetylenes is 1. The van der Waals surface area contributed by atoms with Crippen LogP contribution in [-0.2, 0) is 24.3 Å². The van der Waals surface area contributed by atoms with Gasteiger partial charge in [-0.15, -0.1) is 17.8 Å². The Kier molecular flexibility index (Phi) is 8.30. The van der Waals surface area contributed by atoms with E-state index in [-0.39, 0.29) is 12.5 Å². The van der Waals surface area contributed by atoms with Crippen LogP contribution in [0.3, 0.4) is 0 Å². The molecule has 0 spiro atoms. The van der Waals surface area contributed by atoms with E-state index in [0.717, 1.165) is 64.6 Å². The van der Waals surface area contributed by atoms with Gasteiger partial charge in [0.1, 0.15) is 5.01 Å². The fourth-order valence-electron chi connectivity index (χ4n) is 7.07. The van der Waals surface area contributed by atoms with E-state index in [4.69, 9.17) is 16.1 Å². The van der Waals surface area contributed by atoms with Gasteiger partial charge in [0.05, 0.1) is 29.5 Å². The highest BCUT2D eigenvalue weighted by Gasteiger charge is 2.31. The second kappa shape index (κ2) is 12.5. The van der Waals surface area contributed by atoms with E-state index >= 15 is 0 Å². The smallest absolute Gasteiger partial charge is 0.307 e. The molecule has 0 aliphatic carbocycles. The number of benzene rings is 3. The molecule has 0 saturated carbocycles. The van der Waals surface area contributed by atoms with Gasteiger partial charge in [0.25, 0.3) is 0 Å². The molecule has 3 aliphatic heterocycles. The molecule has 1 saturated heterocycles. The van der Waals surface area contributed by atoms with Crippen LogP contribution in [0.15, 0.2) is 48.5 Å². The van der Waals surface area contributed by atoms with Gasteiger partial charge in [0, 0.05) is 55.1 Å². The molecule has 8 nitrogen and oxygen atoms in total. The van der Waals surface area contributed by atoms with Gasteiger partial charge >= 0.3 is 5.97 Å². The van der Waals surface area contributed by atoms with Crippen molar-refractivity contribution in [3.63, 3.8) is 0 Å². The maximum atomic E-state index is 11.4. The van der Waals surface area contributed by atoms with E-state index in [9.17, 15) is 15.0 Å². The van der Waals surface area contributed by atoms with Crippen LogP contribution < -0.4 is 10.1 Å². The minimum atomic E-state index is -0.730. The van der Waals surface area contributed by atoms with Crippen LogP contribution in [0.25, 0.3) is 21.7 Å². The van der Waals surface area contributed by atoms with E-state index in [2.05, 4.69) is 77.3 Å². The number of β-amino-alcohol motifs (C(OH)–C–C–N with tert-alkyl or cyclic N) is 1. The molecular formula is C37H38N4O4S. The third-order valence-electron chi connectivity index (χ3n) is 9.59. The lowest BCUT2D eigenvalue weighted by Gasteiger charge is -2.24. The summed E-state index contributed by atoms with van der Waals surface area (Å²) < 4.78 is 6.48. The lowest BCUT2D eigenvalue weighted by Crippen LogP contribution is -2.32. The van der Waals surface area contributed by atoms with Crippen molar-refractivity contribution in [2.75, 3.05) is 38.1 Å². The summed E-state index contributed by atoms with van der Waals surface area (Å²) >= 11 is 1.76. The largest absolute Gasteiger partial charge is 0.481 e. The summed E-state index contributed by atoms with van der Waals surface area (Å²) in [5.41, 5.74) is 10.6. The van der Waals surface area contributed by atoms with E-state index in [1.165, 1.54) is 21.7 Å². The van der Waals surface area contributed by atoms with Crippen molar-refractivity contribution >= 4 is 23.0 Å². The molecule has 236 valence electrons. The normalized spacial score (nSPS) is 19.3. The van der Waals surface area contributed by atoms with Crippen molar-refractivity contribution in [2.45, 2.75) is 46.0 Å². The highest BCUT2D eigenvalue weighted by atomic mass is 32.1. The lowest BCUT2D eigenvalue weighted by atomic mass is 9.91. The van der Waals surface area contributed by atoms with E-state index < -0.39 is 12.2 Å². The summed E-state index contributed by atoms with van der Waals surface area (Å²) in [6.07, 6.45) is 7.13. The molecule has 3 aliphatic rings. The molecule has 4 heterocycles. The monoisotopic (exact) mass is 634 g/mol. The number of carboxylic acid groups (broad SMARTS) is 1. The van der Waals surface area contributed by atoms with Gasteiger partial charge in [-0.2, -0.15) is 0 Å². The van der Waals surface area contributed by atoms with Gasteiger partial charge in [-0.3, -0.25) is 14.6 Å².